The molecule has 5 aromatic rings. The van der Waals surface area contributed by atoms with E-state index in [9.17, 15) is 0 Å². The van der Waals surface area contributed by atoms with Gasteiger partial charge in [0, 0.05) is 0 Å². The Morgan fingerprint density at radius 1 is 0.265 bits per heavy atom. The lowest BCUT2D eigenvalue weighted by molar-refractivity contribution is 0.796. The average molecular weight is 445 g/mol. The molecule has 2 aliphatic carbocycles. The van der Waals surface area contributed by atoms with Crippen molar-refractivity contribution in [2.24, 2.45) is 0 Å². The summed E-state index contributed by atoms with van der Waals surface area (Å²) in [4.78, 5) is 0. The molecule has 34 heavy (non-hydrogen) atoms. The van der Waals surface area contributed by atoms with E-state index >= 15 is 0 Å². The quantitative estimate of drug-likeness (QED) is 0.165. The van der Waals surface area contributed by atoms with Crippen LogP contribution in [0.1, 0.15) is 79.6 Å². The van der Waals surface area contributed by atoms with E-state index in [1.807, 2.05) is 0 Å². The van der Waals surface area contributed by atoms with Crippen LogP contribution in [0.5, 0.6) is 0 Å². The summed E-state index contributed by atoms with van der Waals surface area (Å²) in [5.74, 6) is 0. The van der Waals surface area contributed by atoms with Crippen molar-refractivity contribution in [3.63, 3.8) is 0 Å². The summed E-state index contributed by atoms with van der Waals surface area (Å²) in [6.45, 7) is 19.3. The predicted molar refractivity (Wildman–Crippen MR) is 150 cm³/mol. The summed E-state index contributed by atoms with van der Waals surface area (Å²) in [7, 11) is 0. The van der Waals surface area contributed by atoms with Crippen molar-refractivity contribution < 1.29 is 0 Å². The summed E-state index contributed by atoms with van der Waals surface area (Å²) in [6.07, 6.45) is 7.50. The van der Waals surface area contributed by atoms with Gasteiger partial charge < -0.3 is 0 Å². The zero-order chi connectivity index (χ0) is 23.8. The topological polar surface area (TPSA) is 0 Å². The van der Waals surface area contributed by atoms with Gasteiger partial charge in [-0.05, 0) is 204 Å². The van der Waals surface area contributed by atoms with Crippen LogP contribution < -0.4 is 0 Å². The van der Waals surface area contributed by atoms with Crippen LogP contribution in [0.4, 0.5) is 0 Å². The van der Waals surface area contributed by atoms with Crippen LogP contribution in [-0.2, 0) is 25.7 Å². The van der Waals surface area contributed by atoms with Crippen LogP contribution >= 0.6 is 0 Å². The molecule has 7 rings (SSSR count). The summed E-state index contributed by atoms with van der Waals surface area (Å²) in [5, 5.41) is 12.7. The number of rotatable bonds is 0. The fraction of sp³-hybridized carbons (Fsp3) is 0.412. The van der Waals surface area contributed by atoms with Crippen molar-refractivity contribution in [3.05, 3.63) is 66.8 Å². The molecule has 0 atom stereocenters. The van der Waals surface area contributed by atoms with Gasteiger partial charge >= 0.3 is 0 Å². The average Bonchev–Trinajstić information content (AvgIpc) is 2.85. The molecule has 0 saturated carbocycles. The second-order valence-corrected chi connectivity index (χ2v) is 11.6. The van der Waals surface area contributed by atoms with Gasteiger partial charge in [0.1, 0.15) is 0 Å². The predicted octanol–water partition coefficient (Wildman–Crippen LogP) is 9.18. The normalized spacial score (nSPS) is 15.5. The fourth-order valence-corrected chi connectivity index (χ4v) is 8.26. The molecule has 2 aliphatic rings. The highest BCUT2D eigenvalue weighted by molar-refractivity contribution is 6.37. The van der Waals surface area contributed by atoms with Gasteiger partial charge in [-0.15, -0.1) is 0 Å². The lowest BCUT2D eigenvalue weighted by Crippen LogP contribution is -2.12. The van der Waals surface area contributed by atoms with E-state index in [0.29, 0.717) is 0 Å². The van der Waals surface area contributed by atoms with Crippen LogP contribution in [0.15, 0.2) is 0 Å². The highest BCUT2D eigenvalue weighted by Crippen LogP contribution is 2.53. The van der Waals surface area contributed by atoms with Gasteiger partial charge in [-0.2, -0.15) is 0 Å². The molecule has 0 nitrogen and oxygen atoms in total. The van der Waals surface area contributed by atoms with Crippen molar-refractivity contribution in [2.75, 3.05) is 0 Å². The minimum absolute atomic E-state index is 1.23. The number of fused-ring (bicyclic) bond motifs is 2. The van der Waals surface area contributed by atoms with E-state index in [1.54, 1.807) is 87.6 Å². The number of benzene rings is 5. The molecule has 0 radical (unpaired) electrons. The fourth-order valence-electron chi connectivity index (χ4n) is 8.26. The third-order valence-electron chi connectivity index (χ3n) is 10.5. The van der Waals surface area contributed by atoms with Gasteiger partial charge in [0.25, 0.3) is 0 Å². The van der Waals surface area contributed by atoms with Crippen molar-refractivity contribution in [3.8, 4) is 0 Å². The third kappa shape index (κ3) is 2.13. The molecule has 0 aliphatic heterocycles. The zero-order valence-corrected chi connectivity index (χ0v) is 22.2. The summed E-state index contributed by atoms with van der Waals surface area (Å²) >= 11 is 0. The van der Waals surface area contributed by atoms with Gasteiger partial charge in [0.05, 0.1) is 0 Å². The van der Waals surface area contributed by atoms with Crippen molar-refractivity contribution in [2.45, 2.75) is 93.9 Å². The Hall–Kier alpha value is -2.60. The Morgan fingerprint density at radius 3 is 0.735 bits per heavy atom. The maximum atomic E-state index is 2.42. The molecule has 0 heterocycles. The van der Waals surface area contributed by atoms with Gasteiger partial charge in [0.15, 0.2) is 0 Å². The van der Waals surface area contributed by atoms with E-state index in [1.165, 1.54) is 60.8 Å². The van der Waals surface area contributed by atoms with Gasteiger partial charge in [-0.25, -0.2) is 0 Å². The minimum atomic E-state index is 1.23. The summed E-state index contributed by atoms with van der Waals surface area (Å²) in [6, 6.07) is 0. The van der Waals surface area contributed by atoms with Crippen molar-refractivity contribution in [1.29, 1.82) is 0 Å². The van der Waals surface area contributed by atoms with E-state index < -0.39 is 0 Å². The third-order valence-corrected chi connectivity index (χ3v) is 10.5. The molecule has 0 aromatic heterocycles. The first-order valence-corrected chi connectivity index (χ1v) is 13.4. The van der Waals surface area contributed by atoms with E-state index in [-0.39, 0.29) is 0 Å². The molecule has 0 N–H and O–H groups in total. The van der Waals surface area contributed by atoms with E-state index in [2.05, 4.69) is 55.4 Å². The maximum absolute atomic E-state index is 2.42. The SMILES string of the molecule is Cc1c2c3c(c(C)c(C)c4c5c(C)c(C)c6c7c(c(C)c(C)c(c(c1C)c34)c75)CCC6)CCC2. The monoisotopic (exact) mass is 444 g/mol. The molecule has 0 heteroatoms. The first-order valence-electron chi connectivity index (χ1n) is 13.4. The number of hydrogen-bond acceptors (Lipinski definition) is 0. The molecule has 0 spiro atoms. The Labute approximate surface area is 203 Å². The van der Waals surface area contributed by atoms with E-state index in [4.69, 9.17) is 0 Å². The lowest BCUT2D eigenvalue weighted by Gasteiger charge is -2.32. The first kappa shape index (κ1) is 20.7. The van der Waals surface area contributed by atoms with Crippen LogP contribution in [0.3, 0.4) is 0 Å². The second-order valence-electron chi connectivity index (χ2n) is 11.6. The zero-order valence-electron chi connectivity index (χ0n) is 22.2. The Kier molecular flexibility index (Phi) is 3.99. The Bertz CT molecular complexity index is 1510. The summed E-state index contributed by atoms with van der Waals surface area (Å²) < 4.78 is 0. The number of hydrogen-bond donors (Lipinski definition) is 0. The van der Waals surface area contributed by atoms with Crippen molar-refractivity contribution in [1.82, 2.24) is 0 Å². The molecular formula is C34H36. The molecular weight excluding hydrogens is 408 g/mol. The molecule has 5 aromatic carbocycles. The lowest BCUT2D eigenvalue weighted by atomic mass is 9.71. The maximum Gasteiger partial charge on any atom is -0.00149 e. The highest BCUT2D eigenvalue weighted by Gasteiger charge is 2.30. The molecule has 0 saturated heterocycles. The van der Waals surface area contributed by atoms with Gasteiger partial charge in [-0.1, -0.05) is 0 Å². The molecule has 0 fully saturated rings. The van der Waals surface area contributed by atoms with Crippen LogP contribution in [-0.4, -0.2) is 0 Å². The minimum Gasteiger partial charge on any atom is -0.0451 e. The van der Waals surface area contributed by atoms with Crippen LogP contribution in [0.2, 0.25) is 0 Å². The van der Waals surface area contributed by atoms with Gasteiger partial charge in [0.2, 0.25) is 0 Å². The van der Waals surface area contributed by atoms with Gasteiger partial charge in [-0.3, -0.25) is 0 Å². The molecule has 0 bridgehead atoms. The van der Waals surface area contributed by atoms with Crippen LogP contribution in [0, 0.1) is 55.4 Å². The number of aryl methyl sites for hydroxylation is 8. The molecule has 0 unspecified atom stereocenters. The molecule has 0 amide bonds. The van der Waals surface area contributed by atoms with Crippen LogP contribution in [0.25, 0.3) is 43.1 Å². The van der Waals surface area contributed by atoms with Crippen molar-refractivity contribution >= 4 is 43.1 Å². The Morgan fingerprint density at radius 2 is 0.500 bits per heavy atom. The summed E-state index contributed by atoms with van der Waals surface area (Å²) in [5.41, 5.74) is 18.9. The Balaban J connectivity index is 1.99. The largest absolute Gasteiger partial charge is 0.0451 e. The smallest absolute Gasteiger partial charge is 0.00149 e. The highest BCUT2D eigenvalue weighted by atomic mass is 14.3. The van der Waals surface area contributed by atoms with E-state index in [0.717, 1.165) is 0 Å². The molecule has 172 valence electrons. The standard InChI is InChI=1S/C34H36/c1-15-19(5)27-28-20(6)17(3)25-13-10-14-26-18(4)22(8)30(34(28)32(25)26)29-21(7)16(2)24-12-9-11-23(15)31(24)33(27)29/h9-14H2,1-8H3. The second kappa shape index (κ2) is 6.54. The first-order chi connectivity index (χ1) is 16.3.